The largest absolute Gasteiger partial charge is 0.442 e. The number of rotatable bonds is 3. The van der Waals surface area contributed by atoms with Gasteiger partial charge in [-0.3, -0.25) is 0 Å². The summed E-state index contributed by atoms with van der Waals surface area (Å²) < 4.78 is 18.4. The van der Waals surface area contributed by atoms with Crippen LogP contribution in [0.2, 0.25) is 0 Å². The topological polar surface area (TPSA) is 81.1 Å². The fourth-order valence-corrected chi connectivity index (χ4v) is 3.13. The van der Waals surface area contributed by atoms with Crippen LogP contribution in [0.25, 0.3) is 11.5 Å². The van der Waals surface area contributed by atoms with Crippen LogP contribution in [0.5, 0.6) is 0 Å². The first-order chi connectivity index (χ1) is 11.7. The van der Waals surface area contributed by atoms with Gasteiger partial charge in [0.15, 0.2) is 18.0 Å². The Balaban J connectivity index is 1.65. The summed E-state index contributed by atoms with van der Waals surface area (Å²) in [6, 6.07) is 6.75. The van der Waals surface area contributed by atoms with Crippen molar-refractivity contribution in [1.82, 2.24) is 15.0 Å². The van der Waals surface area contributed by atoms with E-state index in [-0.39, 0.29) is 11.9 Å². The first kappa shape index (κ1) is 14.6. The van der Waals surface area contributed by atoms with E-state index in [1.54, 1.807) is 12.4 Å². The molecule has 0 bridgehead atoms. The Morgan fingerprint density at radius 1 is 1.21 bits per heavy atom. The van der Waals surface area contributed by atoms with Crippen LogP contribution in [0.15, 0.2) is 47.5 Å². The number of nitrogens with two attached hydrogens (primary N) is 1. The van der Waals surface area contributed by atoms with E-state index in [1.807, 2.05) is 12.1 Å². The van der Waals surface area contributed by atoms with E-state index in [2.05, 4.69) is 19.9 Å². The third-order valence-electron chi connectivity index (χ3n) is 4.25. The van der Waals surface area contributed by atoms with E-state index >= 15 is 0 Å². The molecule has 3 aromatic rings. The van der Waals surface area contributed by atoms with Gasteiger partial charge in [-0.2, -0.15) is 0 Å². The van der Waals surface area contributed by atoms with Crippen molar-refractivity contribution in [3.63, 3.8) is 0 Å². The van der Waals surface area contributed by atoms with Gasteiger partial charge in [0.05, 0.1) is 18.4 Å². The first-order valence-electron chi connectivity index (χ1n) is 7.76. The smallest absolute Gasteiger partial charge is 0.181 e. The van der Waals surface area contributed by atoms with Crippen LogP contribution in [0.4, 0.5) is 16.0 Å². The molecule has 0 amide bonds. The van der Waals surface area contributed by atoms with Crippen LogP contribution in [-0.4, -0.2) is 21.5 Å². The van der Waals surface area contributed by atoms with E-state index in [4.69, 9.17) is 10.2 Å². The number of halogens is 1. The van der Waals surface area contributed by atoms with Crippen LogP contribution < -0.4 is 10.6 Å². The maximum Gasteiger partial charge on any atom is 0.181 e. The minimum atomic E-state index is -0.233. The highest BCUT2D eigenvalue weighted by Crippen LogP contribution is 2.36. The maximum atomic E-state index is 13.2. The van der Waals surface area contributed by atoms with Gasteiger partial charge in [0, 0.05) is 6.54 Å². The molecule has 4 rings (SSSR count). The molecule has 1 saturated heterocycles. The summed E-state index contributed by atoms with van der Waals surface area (Å²) in [7, 11) is 0. The SMILES string of the molecule is Nc1nc(N2CCCC2c2ccc(F)cc2)cnc1-c1cnco1. The second kappa shape index (κ2) is 5.92. The maximum absolute atomic E-state index is 13.2. The lowest BCUT2D eigenvalue weighted by Crippen LogP contribution is -2.24. The molecule has 1 aromatic carbocycles. The molecule has 1 aliphatic heterocycles. The summed E-state index contributed by atoms with van der Waals surface area (Å²) in [6.07, 6.45) is 6.59. The van der Waals surface area contributed by atoms with Gasteiger partial charge in [0.2, 0.25) is 0 Å². The average molecular weight is 325 g/mol. The van der Waals surface area contributed by atoms with Crippen molar-refractivity contribution in [2.75, 3.05) is 17.2 Å². The highest BCUT2D eigenvalue weighted by molar-refractivity contribution is 5.66. The lowest BCUT2D eigenvalue weighted by atomic mass is 10.0. The Hall–Kier alpha value is -2.96. The van der Waals surface area contributed by atoms with E-state index < -0.39 is 0 Å². The third kappa shape index (κ3) is 2.58. The number of nitrogens with zero attached hydrogens (tertiary/aromatic N) is 4. The van der Waals surface area contributed by atoms with Gasteiger partial charge in [-0.1, -0.05) is 12.1 Å². The van der Waals surface area contributed by atoms with Crippen LogP contribution in [0, 0.1) is 5.82 Å². The number of anilines is 2. The summed E-state index contributed by atoms with van der Waals surface area (Å²) in [5.41, 5.74) is 7.59. The molecule has 24 heavy (non-hydrogen) atoms. The summed E-state index contributed by atoms with van der Waals surface area (Å²) in [5.74, 6) is 1.27. The van der Waals surface area contributed by atoms with Crippen molar-refractivity contribution < 1.29 is 8.81 Å². The molecule has 0 radical (unpaired) electrons. The van der Waals surface area contributed by atoms with Gasteiger partial charge in [-0.25, -0.2) is 19.3 Å². The molecule has 2 N–H and O–H groups in total. The van der Waals surface area contributed by atoms with Crippen molar-refractivity contribution in [2.45, 2.75) is 18.9 Å². The van der Waals surface area contributed by atoms with Gasteiger partial charge in [0.1, 0.15) is 17.3 Å². The molecule has 2 aromatic heterocycles. The molecule has 7 heteroatoms. The number of hydrogen-bond donors (Lipinski definition) is 1. The minimum absolute atomic E-state index is 0.149. The monoisotopic (exact) mass is 325 g/mol. The van der Waals surface area contributed by atoms with Gasteiger partial charge in [0.25, 0.3) is 0 Å². The molecule has 0 saturated carbocycles. The zero-order chi connectivity index (χ0) is 16.5. The van der Waals surface area contributed by atoms with Crippen LogP contribution >= 0.6 is 0 Å². The van der Waals surface area contributed by atoms with Crippen LogP contribution in [0.3, 0.4) is 0 Å². The van der Waals surface area contributed by atoms with E-state index in [9.17, 15) is 4.39 Å². The molecule has 1 aliphatic rings. The van der Waals surface area contributed by atoms with Gasteiger partial charge in [-0.15, -0.1) is 0 Å². The van der Waals surface area contributed by atoms with E-state index in [0.717, 1.165) is 24.9 Å². The van der Waals surface area contributed by atoms with Crippen molar-refractivity contribution in [2.24, 2.45) is 0 Å². The zero-order valence-corrected chi connectivity index (χ0v) is 12.9. The van der Waals surface area contributed by atoms with Crippen molar-refractivity contribution in [1.29, 1.82) is 0 Å². The minimum Gasteiger partial charge on any atom is -0.442 e. The number of benzene rings is 1. The Morgan fingerprint density at radius 2 is 2.04 bits per heavy atom. The summed E-state index contributed by atoms with van der Waals surface area (Å²) in [6.45, 7) is 0.859. The average Bonchev–Trinajstić information content (AvgIpc) is 3.27. The highest BCUT2D eigenvalue weighted by Gasteiger charge is 2.28. The second-order valence-electron chi connectivity index (χ2n) is 5.73. The lowest BCUT2D eigenvalue weighted by molar-refractivity contribution is 0.570. The second-order valence-corrected chi connectivity index (χ2v) is 5.73. The fourth-order valence-electron chi connectivity index (χ4n) is 3.13. The molecule has 1 fully saturated rings. The van der Waals surface area contributed by atoms with Gasteiger partial charge < -0.3 is 15.1 Å². The molecular weight excluding hydrogens is 309 g/mol. The molecule has 0 spiro atoms. The predicted octanol–water partition coefficient (Wildman–Crippen LogP) is 3.19. The van der Waals surface area contributed by atoms with Crippen molar-refractivity contribution in [3.8, 4) is 11.5 Å². The lowest BCUT2D eigenvalue weighted by Gasteiger charge is -2.26. The van der Waals surface area contributed by atoms with Gasteiger partial charge >= 0.3 is 0 Å². The van der Waals surface area contributed by atoms with Crippen molar-refractivity contribution in [3.05, 3.63) is 54.4 Å². The molecule has 0 aliphatic carbocycles. The van der Waals surface area contributed by atoms with E-state index in [1.165, 1.54) is 18.5 Å². The molecular formula is C17H16FN5O. The van der Waals surface area contributed by atoms with Crippen molar-refractivity contribution >= 4 is 11.6 Å². The zero-order valence-electron chi connectivity index (χ0n) is 12.9. The fraction of sp³-hybridized carbons (Fsp3) is 0.235. The first-order valence-corrected chi connectivity index (χ1v) is 7.76. The standard InChI is InChI=1S/C17H16FN5O/c18-12-5-3-11(4-6-12)13-2-1-7-23(13)15-9-21-16(17(19)22-15)14-8-20-10-24-14/h3-6,8-10,13H,1-2,7H2,(H2,19,22). The Morgan fingerprint density at radius 3 is 2.75 bits per heavy atom. The molecule has 6 nitrogen and oxygen atoms in total. The Bertz CT molecular complexity index is 835. The normalized spacial score (nSPS) is 17.4. The predicted molar refractivity (Wildman–Crippen MR) is 87.7 cm³/mol. The van der Waals surface area contributed by atoms with Crippen LogP contribution in [-0.2, 0) is 0 Å². The molecule has 1 atom stereocenters. The number of aromatic nitrogens is 3. The quantitative estimate of drug-likeness (QED) is 0.796. The van der Waals surface area contributed by atoms with Gasteiger partial charge in [-0.05, 0) is 30.5 Å². The van der Waals surface area contributed by atoms with Crippen LogP contribution in [0.1, 0.15) is 24.4 Å². The summed E-state index contributed by atoms with van der Waals surface area (Å²) in [4.78, 5) is 14.9. The van der Waals surface area contributed by atoms with E-state index in [0.29, 0.717) is 23.1 Å². The number of oxazole rings is 1. The number of hydrogen-bond acceptors (Lipinski definition) is 6. The Labute approximate surface area is 138 Å². The Kier molecular flexibility index (Phi) is 3.60. The third-order valence-corrected chi connectivity index (χ3v) is 4.25. The molecule has 3 heterocycles. The summed E-state index contributed by atoms with van der Waals surface area (Å²) >= 11 is 0. The summed E-state index contributed by atoms with van der Waals surface area (Å²) in [5, 5.41) is 0. The highest BCUT2D eigenvalue weighted by atomic mass is 19.1. The molecule has 1 unspecified atom stereocenters. The number of nitrogen functional groups attached to an aromatic ring is 1. The molecule has 122 valence electrons.